The first kappa shape index (κ1) is 12.7. The molecule has 0 radical (unpaired) electrons. The molecule has 4 rings (SSSR count). The molecule has 0 heterocycles. The fourth-order valence-electron chi connectivity index (χ4n) is 6.47. The van der Waals surface area contributed by atoms with Crippen molar-refractivity contribution in [1.29, 1.82) is 0 Å². The minimum absolute atomic E-state index is 0.900. The van der Waals surface area contributed by atoms with Crippen molar-refractivity contribution in [1.82, 2.24) is 5.32 Å². The highest BCUT2D eigenvalue weighted by Crippen LogP contribution is 2.53. The number of fused-ring (bicyclic) bond motifs is 4. The molecule has 8 atom stereocenters. The minimum Gasteiger partial charge on any atom is -0.311 e. The van der Waals surface area contributed by atoms with Crippen LogP contribution in [0.25, 0.3) is 0 Å². The summed E-state index contributed by atoms with van der Waals surface area (Å²) in [5, 5.41) is 4.13. The van der Waals surface area contributed by atoms with Crippen LogP contribution >= 0.6 is 0 Å². The molecule has 0 amide bonds. The van der Waals surface area contributed by atoms with Crippen LogP contribution in [0.15, 0.2) is 0 Å². The van der Waals surface area contributed by atoms with Gasteiger partial charge in [-0.05, 0) is 74.0 Å². The van der Waals surface area contributed by atoms with Crippen molar-refractivity contribution in [2.24, 2.45) is 35.5 Å². The van der Waals surface area contributed by atoms with Crippen molar-refractivity contribution in [3.8, 4) is 0 Å². The SMILES string of the molecule is CCC1CC2CC1CC2NC1CC2CC1CC2CC. The number of hydrogen-bond acceptors (Lipinski definition) is 1. The molecule has 0 aliphatic heterocycles. The lowest BCUT2D eigenvalue weighted by molar-refractivity contribution is 0.209. The molecule has 0 saturated heterocycles. The van der Waals surface area contributed by atoms with Gasteiger partial charge in [0.1, 0.15) is 0 Å². The Morgan fingerprint density at radius 3 is 1.42 bits per heavy atom. The predicted octanol–water partition coefficient (Wildman–Crippen LogP) is 4.23. The van der Waals surface area contributed by atoms with Gasteiger partial charge in [0.2, 0.25) is 0 Å². The molecule has 108 valence electrons. The van der Waals surface area contributed by atoms with Gasteiger partial charge in [-0.1, -0.05) is 26.7 Å². The Labute approximate surface area is 118 Å². The van der Waals surface area contributed by atoms with E-state index in [1.807, 2.05) is 0 Å². The van der Waals surface area contributed by atoms with Gasteiger partial charge in [0.05, 0.1) is 0 Å². The summed E-state index contributed by atoms with van der Waals surface area (Å²) in [6.45, 7) is 4.79. The van der Waals surface area contributed by atoms with E-state index < -0.39 is 0 Å². The molecule has 8 unspecified atom stereocenters. The van der Waals surface area contributed by atoms with Crippen LogP contribution < -0.4 is 5.32 Å². The van der Waals surface area contributed by atoms with E-state index in [-0.39, 0.29) is 0 Å². The summed E-state index contributed by atoms with van der Waals surface area (Å²) in [5.74, 6) is 6.39. The maximum atomic E-state index is 4.13. The van der Waals surface area contributed by atoms with Crippen LogP contribution in [0.2, 0.25) is 0 Å². The maximum Gasteiger partial charge on any atom is 0.0101 e. The van der Waals surface area contributed by atoms with Crippen LogP contribution in [0.4, 0.5) is 0 Å². The van der Waals surface area contributed by atoms with Crippen LogP contribution in [0.1, 0.15) is 65.2 Å². The zero-order chi connectivity index (χ0) is 13.0. The van der Waals surface area contributed by atoms with Crippen LogP contribution in [0.3, 0.4) is 0 Å². The van der Waals surface area contributed by atoms with Crippen molar-refractivity contribution in [3.05, 3.63) is 0 Å². The lowest BCUT2D eigenvalue weighted by Crippen LogP contribution is -2.45. The Morgan fingerprint density at radius 1 is 0.632 bits per heavy atom. The predicted molar refractivity (Wildman–Crippen MR) is 79.9 cm³/mol. The first-order valence-electron chi connectivity index (χ1n) is 9.04. The summed E-state index contributed by atoms with van der Waals surface area (Å²) in [5.41, 5.74) is 0. The molecule has 4 bridgehead atoms. The Kier molecular flexibility index (Phi) is 3.17. The second-order valence-corrected chi connectivity index (χ2v) is 8.17. The summed E-state index contributed by atoms with van der Waals surface area (Å²) in [6.07, 6.45) is 12.1. The van der Waals surface area contributed by atoms with Crippen LogP contribution in [0.5, 0.6) is 0 Å². The Hall–Kier alpha value is -0.0400. The lowest BCUT2D eigenvalue weighted by Gasteiger charge is -2.35. The van der Waals surface area contributed by atoms with Crippen molar-refractivity contribution >= 4 is 0 Å². The third kappa shape index (κ3) is 1.99. The molecular formula is C18H31N. The summed E-state index contributed by atoms with van der Waals surface area (Å²) < 4.78 is 0. The van der Waals surface area contributed by atoms with Crippen molar-refractivity contribution in [2.75, 3.05) is 0 Å². The quantitative estimate of drug-likeness (QED) is 0.798. The van der Waals surface area contributed by atoms with Gasteiger partial charge >= 0.3 is 0 Å². The topological polar surface area (TPSA) is 12.0 Å². The maximum absolute atomic E-state index is 4.13. The summed E-state index contributed by atoms with van der Waals surface area (Å²) in [6, 6.07) is 1.80. The highest BCUT2D eigenvalue weighted by atomic mass is 15.0. The second kappa shape index (κ2) is 4.76. The standard InChI is InChI=1S/C18H31N/c1-3-11-5-15-7-13(11)9-17(15)19-18-10-14-8-16(18)6-12(14)4-2/h11-19H,3-10H2,1-2H3. The van der Waals surface area contributed by atoms with Gasteiger partial charge in [-0.2, -0.15) is 0 Å². The van der Waals surface area contributed by atoms with Gasteiger partial charge in [0.25, 0.3) is 0 Å². The van der Waals surface area contributed by atoms with Gasteiger partial charge in [0.15, 0.2) is 0 Å². The molecule has 0 spiro atoms. The monoisotopic (exact) mass is 261 g/mol. The zero-order valence-electron chi connectivity index (χ0n) is 12.8. The van der Waals surface area contributed by atoms with E-state index in [1.54, 1.807) is 12.8 Å². The molecule has 19 heavy (non-hydrogen) atoms. The molecule has 4 fully saturated rings. The van der Waals surface area contributed by atoms with E-state index in [0.717, 1.165) is 47.6 Å². The lowest BCUT2D eigenvalue weighted by atomic mass is 9.81. The first-order chi connectivity index (χ1) is 9.28. The Morgan fingerprint density at radius 2 is 1.11 bits per heavy atom. The zero-order valence-corrected chi connectivity index (χ0v) is 12.8. The van der Waals surface area contributed by atoms with Crippen LogP contribution in [-0.2, 0) is 0 Å². The van der Waals surface area contributed by atoms with Gasteiger partial charge in [-0.3, -0.25) is 0 Å². The van der Waals surface area contributed by atoms with E-state index in [4.69, 9.17) is 0 Å². The van der Waals surface area contributed by atoms with Gasteiger partial charge in [0, 0.05) is 12.1 Å². The first-order valence-corrected chi connectivity index (χ1v) is 9.04. The molecule has 4 saturated carbocycles. The Bertz CT molecular complexity index is 307. The highest BCUT2D eigenvalue weighted by Gasteiger charge is 2.49. The third-order valence-corrected chi connectivity index (χ3v) is 7.48. The molecule has 1 nitrogen and oxygen atoms in total. The van der Waals surface area contributed by atoms with E-state index in [1.165, 1.54) is 38.5 Å². The second-order valence-electron chi connectivity index (χ2n) is 8.17. The largest absolute Gasteiger partial charge is 0.311 e. The molecule has 0 aromatic rings. The van der Waals surface area contributed by atoms with Crippen molar-refractivity contribution in [2.45, 2.75) is 77.3 Å². The number of rotatable bonds is 4. The average molecular weight is 261 g/mol. The molecule has 4 aliphatic carbocycles. The molecule has 0 aromatic carbocycles. The van der Waals surface area contributed by atoms with E-state index in [0.29, 0.717) is 0 Å². The normalized spacial score (nSPS) is 55.3. The number of hydrogen-bond donors (Lipinski definition) is 1. The van der Waals surface area contributed by atoms with Gasteiger partial charge < -0.3 is 5.32 Å². The third-order valence-electron chi connectivity index (χ3n) is 7.48. The fourth-order valence-corrected chi connectivity index (χ4v) is 6.47. The molecule has 0 aromatic heterocycles. The van der Waals surface area contributed by atoms with E-state index in [9.17, 15) is 0 Å². The molecule has 4 aliphatic rings. The molecule has 1 N–H and O–H groups in total. The summed E-state index contributed by atoms with van der Waals surface area (Å²) in [4.78, 5) is 0. The van der Waals surface area contributed by atoms with Crippen molar-refractivity contribution < 1.29 is 0 Å². The van der Waals surface area contributed by atoms with E-state index in [2.05, 4.69) is 19.2 Å². The average Bonchev–Trinajstić information content (AvgIpc) is 3.16. The summed E-state index contributed by atoms with van der Waals surface area (Å²) >= 11 is 0. The van der Waals surface area contributed by atoms with Crippen LogP contribution in [-0.4, -0.2) is 12.1 Å². The number of nitrogens with one attached hydrogen (secondary N) is 1. The van der Waals surface area contributed by atoms with E-state index >= 15 is 0 Å². The highest BCUT2D eigenvalue weighted by molar-refractivity contribution is 5.03. The minimum atomic E-state index is 0.900. The Balaban J connectivity index is 1.33. The summed E-state index contributed by atoms with van der Waals surface area (Å²) in [7, 11) is 0. The smallest absolute Gasteiger partial charge is 0.0101 e. The van der Waals surface area contributed by atoms with Crippen molar-refractivity contribution in [3.63, 3.8) is 0 Å². The fraction of sp³-hybridized carbons (Fsp3) is 1.00. The molecule has 1 heteroatoms. The van der Waals surface area contributed by atoms with Gasteiger partial charge in [-0.25, -0.2) is 0 Å². The van der Waals surface area contributed by atoms with Gasteiger partial charge in [-0.15, -0.1) is 0 Å². The molecular weight excluding hydrogens is 230 g/mol. The van der Waals surface area contributed by atoms with Crippen LogP contribution in [0, 0.1) is 35.5 Å².